The van der Waals surface area contributed by atoms with Crippen LogP contribution in [0.5, 0.6) is 0 Å². The monoisotopic (exact) mass is 322 g/mol. The van der Waals surface area contributed by atoms with Crippen molar-refractivity contribution in [3.8, 4) is 0 Å². The zero-order valence-electron chi connectivity index (χ0n) is 10.5. The van der Waals surface area contributed by atoms with Gasteiger partial charge in [-0.1, -0.05) is 34.1 Å². The molecule has 0 aliphatic carbocycles. The van der Waals surface area contributed by atoms with E-state index >= 15 is 0 Å². The van der Waals surface area contributed by atoms with E-state index in [4.69, 9.17) is 0 Å². The van der Waals surface area contributed by atoms with E-state index in [-0.39, 0.29) is 17.9 Å². The van der Waals surface area contributed by atoms with Crippen LogP contribution in [0.15, 0.2) is 18.2 Å². The molecule has 2 aliphatic rings. The molecule has 2 aliphatic heterocycles. The molecule has 5 heteroatoms. The van der Waals surface area contributed by atoms with Gasteiger partial charge >= 0.3 is 0 Å². The smallest absolute Gasteiger partial charge is 0.243 e. The molecule has 2 heterocycles. The Labute approximate surface area is 120 Å². The van der Waals surface area contributed by atoms with Gasteiger partial charge in [-0.15, -0.1) is 0 Å². The van der Waals surface area contributed by atoms with Crippen LogP contribution in [-0.2, 0) is 28.0 Å². The van der Waals surface area contributed by atoms with E-state index < -0.39 is 0 Å². The molecule has 0 spiro atoms. The number of carbonyl (C=O) groups is 2. The van der Waals surface area contributed by atoms with Crippen LogP contribution < -0.4 is 5.32 Å². The quantitative estimate of drug-likeness (QED) is 0.666. The zero-order chi connectivity index (χ0) is 13.4. The second-order valence-corrected chi connectivity index (χ2v) is 5.62. The number of alkyl halides is 1. The Bertz CT molecular complexity index is 544. The number of nitrogens with one attached hydrogen (secondary N) is 1. The van der Waals surface area contributed by atoms with Crippen LogP contribution in [0.2, 0.25) is 0 Å². The number of fused-ring (bicyclic) bond motifs is 1. The van der Waals surface area contributed by atoms with E-state index in [0.717, 1.165) is 18.4 Å². The molecule has 1 unspecified atom stereocenters. The van der Waals surface area contributed by atoms with Gasteiger partial charge in [0.25, 0.3) is 0 Å². The summed E-state index contributed by atoms with van der Waals surface area (Å²) in [5.41, 5.74) is 3.90. The van der Waals surface area contributed by atoms with Gasteiger partial charge in [0.05, 0.1) is 6.04 Å². The molecule has 1 atom stereocenters. The van der Waals surface area contributed by atoms with Crippen LogP contribution >= 0.6 is 15.9 Å². The van der Waals surface area contributed by atoms with Crippen molar-refractivity contribution < 1.29 is 9.59 Å². The molecule has 3 rings (SSSR count). The molecule has 4 nitrogen and oxygen atoms in total. The second kappa shape index (κ2) is 5.06. The number of halogens is 1. The lowest BCUT2D eigenvalue weighted by Crippen LogP contribution is -2.50. The Hall–Kier alpha value is -1.20. The van der Waals surface area contributed by atoms with Gasteiger partial charge in [0.1, 0.15) is 0 Å². The minimum Gasteiger partial charge on any atom is -0.295 e. The van der Waals surface area contributed by atoms with Crippen LogP contribution in [0, 0.1) is 0 Å². The maximum absolute atomic E-state index is 11.9. The Morgan fingerprint density at radius 2 is 2.16 bits per heavy atom. The molecule has 0 bridgehead atoms. The van der Waals surface area contributed by atoms with E-state index in [0.29, 0.717) is 12.8 Å². The normalized spacial score (nSPS) is 23.3. The maximum Gasteiger partial charge on any atom is 0.243 e. The Balaban J connectivity index is 1.80. The molecule has 1 aromatic rings. The third-order valence-corrected chi connectivity index (χ3v) is 4.50. The van der Waals surface area contributed by atoms with Crippen molar-refractivity contribution in [1.82, 2.24) is 10.2 Å². The Morgan fingerprint density at radius 1 is 1.32 bits per heavy atom. The van der Waals surface area contributed by atoms with Crippen molar-refractivity contribution >= 4 is 27.7 Å². The minimum atomic E-state index is -0.173. The van der Waals surface area contributed by atoms with Gasteiger partial charge in [0, 0.05) is 24.8 Å². The molecule has 0 aromatic heterocycles. The molecule has 1 fully saturated rings. The number of amides is 2. The number of carbonyl (C=O) groups excluding carboxylic acids is 2. The van der Waals surface area contributed by atoms with Crippen molar-refractivity contribution in [2.24, 2.45) is 0 Å². The fraction of sp³-hybridized carbons (Fsp3) is 0.429. The molecular formula is C14H15BrN2O2. The van der Waals surface area contributed by atoms with Crippen molar-refractivity contribution in [3.63, 3.8) is 0 Å². The second-order valence-electron chi connectivity index (χ2n) is 5.06. The van der Waals surface area contributed by atoms with Gasteiger partial charge in [-0.05, 0) is 23.1 Å². The lowest BCUT2D eigenvalue weighted by Gasteiger charge is -2.29. The predicted octanol–water partition coefficient (Wildman–Crippen LogP) is 1.70. The summed E-state index contributed by atoms with van der Waals surface area (Å²) in [4.78, 5) is 25.3. The topological polar surface area (TPSA) is 49.4 Å². The summed E-state index contributed by atoms with van der Waals surface area (Å²) >= 11 is 3.50. The molecular weight excluding hydrogens is 308 g/mol. The predicted molar refractivity (Wildman–Crippen MR) is 74.5 cm³/mol. The highest BCUT2D eigenvalue weighted by Crippen LogP contribution is 2.30. The number of hydrogen-bond acceptors (Lipinski definition) is 3. The molecule has 1 N–H and O–H groups in total. The first-order valence-corrected chi connectivity index (χ1v) is 7.54. The average molecular weight is 323 g/mol. The first-order valence-electron chi connectivity index (χ1n) is 6.42. The summed E-state index contributed by atoms with van der Waals surface area (Å²) in [5.74, 6) is -0.302. The molecule has 1 aromatic carbocycles. The SMILES string of the molecule is O=C1CCC(N2Cc3cccc(CBr)c3C2)C(=O)N1. The van der Waals surface area contributed by atoms with Crippen molar-refractivity contribution in [3.05, 3.63) is 34.9 Å². The van der Waals surface area contributed by atoms with Crippen molar-refractivity contribution in [2.45, 2.75) is 37.3 Å². The zero-order valence-corrected chi connectivity index (χ0v) is 12.1. The molecule has 0 saturated carbocycles. The minimum absolute atomic E-state index is 0.149. The average Bonchev–Trinajstić information content (AvgIpc) is 2.81. The van der Waals surface area contributed by atoms with Gasteiger partial charge in [-0.25, -0.2) is 0 Å². The number of imide groups is 1. The highest BCUT2D eigenvalue weighted by atomic mass is 79.9. The standard InChI is InChI=1S/C14H15BrN2O2/c15-6-9-2-1-3-10-7-17(8-11(9)10)12-4-5-13(18)16-14(12)19/h1-3,12H,4-8H2,(H,16,18,19). The van der Waals surface area contributed by atoms with Crippen LogP contribution in [0.1, 0.15) is 29.5 Å². The van der Waals surface area contributed by atoms with Gasteiger partial charge in [0.2, 0.25) is 11.8 Å². The number of benzene rings is 1. The first kappa shape index (κ1) is 12.8. The highest BCUT2D eigenvalue weighted by Gasteiger charge is 2.35. The lowest BCUT2D eigenvalue weighted by atomic mass is 10.0. The number of nitrogens with zero attached hydrogens (tertiary/aromatic N) is 1. The van der Waals surface area contributed by atoms with Gasteiger partial charge in [-0.3, -0.25) is 19.8 Å². The van der Waals surface area contributed by atoms with E-state index in [1.807, 2.05) is 0 Å². The molecule has 2 amide bonds. The van der Waals surface area contributed by atoms with E-state index in [1.165, 1.54) is 16.7 Å². The summed E-state index contributed by atoms with van der Waals surface area (Å²) in [6, 6.07) is 6.12. The maximum atomic E-state index is 11.9. The number of rotatable bonds is 2. The number of piperidine rings is 1. The Morgan fingerprint density at radius 3 is 2.89 bits per heavy atom. The molecule has 100 valence electrons. The third-order valence-electron chi connectivity index (χ3n) is 3.90. The van der Waals surface area contributed by atoms with E-state index in [1.54, 1.807) is 0 Å². The van der Waals surface area contributed by atoms with Gasteiger partial charge < -0.3 is 0 Å². The summed E-state index contributed by atoms with van der Waals surface area (Å²) in [6.07, 6.45) is 1.07. The van der Waals surface area contributed by atoms with Crippen molar-refractivity contribution in [1.29, 1.82) is 0 Å². The van der Waals surface area contributed by atoms with Crippen LogP contribution in [0.3, 0.4) is 0 Å². The number of hydrogen-bond donors (Lipinski definition) is 1. The van der Waals surface area contributed by atoms with Crippen LogP contribution in [-0.4, -0.2) is 22.8 Å². The lowest BCUT2D eigenvalue weighted by molar-refractivity contribution is -0.137. The molecule has 19 heavy (non-hydrogen) atoms. The summed E-state index contributed by atoms with van der Waals surface area (Å²) in [7, 11) is 0. The third kappa shape index (κ3) is 2.32. The summed E-state index contributed by atoms with van der Waals surface area (Å²) in [5, 5.41) is 3.27. The summed E-state index contributed by atoms with van der Waals surface area (Å²) < 4.78 is 0. The Kier molecular flexibility index (Phi) is 3.41. The first-order chi connectivity index (χ1) is 9.19. The largest absolute Gasteiger partial charge is 0.295 e. The molecule has 0 radical (unpaired) electrons. The summed E-state index contributed by atoms with van der Waals surface area (Å²) in [6.45, 7) is 1.59. The van der Waals surface area contributed by atoms with Crippen molar-refractivity contribution in [2.75, 3.05) is 0 Å². The molecule has 1 saturated heterocycles. The van der Waals surface area contributed by atoms with Crippen LogP contribution in [0.4, 0.5) is 0 Å². The van der Waals surface area contributed by atoms with Crippen LogP contribution in [0.25, 0.3) is 0 Å². The van der Waals surface area contributed by atoms with E-state index in [2.05, 4.69) is 44.3 Å². The fourth-order valence-electron chi connectivity index (χ4n) is 2.89. The fourth-order valence-corrected chi connectivity index (χ4v) is 3.42. The van der Waals surface area contributed by atoms with Gasteiger partial charge in [-0.2, -0.15) is 0 Å². The van der Waals surface area contributed by atoms with E-state index in [9.17, 15) is 9.59 Å². The van der Waals surface area contributed by atoms with Gasteiger partial charge in [0.15, 0.2) is 0 Å². The highest BCUT2D eigenvalue weighted by molar-refractivity contribution is 9.08.